The molecule has 1 aromatic rings. The molecule has 3 aliphatic carbocycles. The van der Waals surface area contributed by atoms with E-state index in [9.17, 15) is 34.8 Å². The van der Waals surface area contributed by atoms with Gasteiger partial charge in [0.25, 0.3) is 5.91 Å². The standard InChI is InChI=1S/C28H36N2O8/c1-5-6-7-8-12-38-24-16-13(2)14-10-9-11-15(31)17(14)22(32)18(16)25(34)28(37)20(24)21(30(3)4)23(33)19(26(28)35)27(29)36/h9-11,13,16,20-21,24,31-32,35,37H,5-8,12H2,1-4H3,(H2,29,36)/t13-,16-,20+,21-,24-,28-/m1/s1. The lowest BCUT2D eigenvalue weighted by atomic mass is 9.54. The Morgan fingerprint density at radius 2 is 1.82 bits per heavy atom. The van der Waals surface area contributed by atoms with Crippen molar-refractivity contribution in [1.82, 2.24) is 4.90 Å². The fourth-order valence-electron chi connectivity index (χ4n) is 6.50. The number of rotatable bonds is 8. The molecule has 206 valence electrons. The van der Waals surface area contributed by atoms with E-state index in [4.69, 9.17) is 10.5 Å². The number of carbonyl (C=O) groups excluding carboxylic acids is 3. The number of aliphatic hydroxyl groups is 3. The Hall–Kier alpha value is -3.21. The first-order chi connectivity index (χ1) is 17.9. The zero-order valence-corrected chi connectivity index (χ0v) is 22.1. The third kappa shape index (κ3) is 3.93. The van der Waals surface area contributed by atoms with Crippen LogP contribution in [-0.2, 0) is 19.1 Å². The summed E-state index contributed by atoms with van der Waals surface area (Å²) in [5.74, 6) is -7.69. The number of fused-ring (bicyclic) bond motifs is 3. The molecule has 38 heavy (non-hydrogen) atoms. The summed E-state index contributed by atoms with van der Waals surface area (Å²) in [5, 5.41) is 45.1. The minimum absolute atomic E-state index is 0.0537. The Kier molecular flexibility index (Phi) is 7.44. The summed E-state index contributed by atoms with van der Waals surface area (Å²) < 4.78 is 6.37. The molecule has 0 aromatic heterocycles. The maximum atomic E-state index is 14.1. The Bertz CT molecular complexity index is 1240. The number of carbonyl (C=O) groups is 3. The van der Waals surface area contributed by atoms with Gasteiger partial charge < -0.3 is 30.9 Å². The second-order valence-corrected chi connectivity index (χ2v) is 10.7. The number of nitrogens with zero attached hydrogens (tertiary/aromatic N) is 1. The van der Waals surface area contributed by atoms with Crippen LogP contribution < -0.4 is 5.73 Å². The molecule has 4 rings (SSSR count). The monoisotopic (exact) mass is 528 g/mol. The number of hydrogen-bond acceptors (Lipinski definition) is 9. The highest BCUT2D eigenvalue weighted by molar-refractivity contribution is 6.24. The SMILES string of the molecule is CCCCCCO[C@@H]1[C@H]2C(=C(O)c3c(O)cccc3[C@H]2C)C(=O)[C@@]2(O)C(O)=C(C(N)=O)C(=O)[C@H](N(C)C)[C@@H]12. The van der Waals surface area contributed by atoms with Crippen molar-refractivity contribution in [3.8, 4) is 5.75 Å². The molecular weight excluding hydrogens is 492 g/mol. The normalized spacial score (nSPS) is 30.8. The van der Waals surface area contributed by atoms with E-state index in [1.165, 1.54) is 11.0 Å². The van der Waals surface area contributed by atoms with Gasteiger partial charge in [-0.3, -0.25) is 19.3 Å². The average Bonchev–Trinajstić information content (AvgIpc) is 2.84. The largest absolute Gasteiger partial charge is 0.508 e. The highest BCUT2D eigenvalue weighted by Crippen LogP contribution is 2.56. The average molecular weight is 529 g/mol. The molecule has 1 saturated carbocycles. The van der Waals surface area contributed by atoms with Crippen molar-refractivity contribution in [2.75, 3.05) is 20.7 Å². The molecule has 1 fully saturated rings. The number of likely N-dealkylation sites (N-methyl/N-ethyl adjacent to an activating group) is 1. The number of Topliss-reactive ketones (excluding diaryl/α,β-unsaturated/α-hetero) is 2. The van der Waals surface area contributed by atoms with Crippen molar-refractivity contribution in [3.63, 3.8) is 0 Å². The van der Waals surface area contributed by atoms with Crippen LogP contribution in [0, 0.1) is 11.8 Å². The molecule has 10 heteroatoms. The van der Waals surface area contributed by atoms with Gasteiger partial charge in [0, 0.05) is 18.1 Å². The van der Waals surface area contributed by atoms with Gasteiger partial charge in [-0.25, -0.2) is 0 Å². The molecule has 0 radical (unpaired) electrons. The number of primary amides is 1. The molecule has 0 bridgehead atoms. The molecule has 3 aliphatic rings. The fraction of sp³-hybridized carbons (Fsp3) is 0.536. The maximum Gasteiger partial charge on any atom is 0.255 e. The summed E-state index contributed by atoms with van der Waals surface area (Å²) >= 11 is 0. The van der Waals surface area contributed by atoms with Gasteiger partial charge in [-0.1, -0.05) is 45.2 Å². The quantitative estimate of drug-likeness (QED) is 0.250. The summed E-state index contributed by atoms with van der Waals surface area (Å²) in [6, 6.07) is 3.50. The number of nitrogens with two attached hydrogens (primary N) is 1. The molecule has 0 unspecified atom stereocenters. The zero-order valence-electron chi connectivity index (χ0n) is 22.1. The van der Waals surface area contributed by atoms with Crippen LogP contribution in [0.2, 0.25) is 0 Å². The van der Waals surface area contributed by atoms with Gasteiger partial charge in [0.2, 0.25) is 5.78 Å². The first-order valence-electron chi connectivity index (χ1n) is 13.0. The van der Waals surface area contributed by atoms with E-state index in [1.807, 2.05) is 6.92 Å². The molecular formula is C28H36N2O8. The van der Waals surface area contributed by atoms with Crippen LogP contribution in [0.1, 0.15) is 56.6 Å². The van der Waals surface area contributed by atoms with Crippen LogP contribution in [0.15, 0.2) is 35.1 Å². The molecule has 0 heterocycles. The molecule has 1 aromatic carbocycles. The first kappa shape index (κ1) is 27.8. The summed E-state index contributed by atoms with van der Waals surface area (Å²) in [4.78, 5) is 41.3. The van der Waals surface area contributed by atoms with Crippen LogP contribution in [0.25, 0.3) is 5.76 Å². The minimum Gasteiger partial charge on any atom is -0.508 e. The highest BCUT2D eigenvalue weighted by atomic mass is 16.5. The van der Waals surface area contributed by atoms with Gasteiger partial charge in [0.15, 0.2) is 11.4 Å². The second-order valence-electron chi connectivity index (χ2n) is 10.7. The van der Waals surface area contributed by atoms with Crippen LogP contribution in [-0.4, -0.2) is 81.2 Å². The second kappa shape index (κ2) is 10.2. The van der Waals surface area contributed by atoms with E-state index in [0.717, 1.165) is 19.3 Å². The Balaban J connectivity index is 1.99. The Labute approximate surface area is 221 Å². The zero-order chi connectivity index (χ0) is 28.1. The van der Waals surface area contributed by atoms with Crippen molar-refractivity contribution in [1.29, 1.82) is 0 Å². The predicted octanol–water partition coefficient (Wildman–Crippen LogP) is 2.10. The van der Waals surface area contributed by atoms with E-state index in [0.29, 0.717) is 12.0 Å². The maximum absolute atomic E-state index is 14.1. The lowest BCUT2D eigenvalue weighted by Gasteiger charge is -2.55. The minimum atomic E-state index is -2.78. The number of phenolic OH excluding ortho intramolecular Hbond substituents is 1. The van der Waals surface area contributed by atoms with Crippen LogP contribution >= 0.6 is 0 Å². The van der Waals surface area contributed by atoms with Crippen molar-refractivity contribution >= 4 is 23.2 Å². The molecule has 6 atom stereocenters. The number of amides is 1. The molecule has 6 N–H and O–H groups in total. The lowest BCUT2D eigenvalue weighted by molar-refractivity contribution is -0.176. The number of aromatic hydroxyl groups is 1. The van der Waals surface area contributed by atoms with Crippen LogP contribution in [0.4, 0.5) is 0 Å². The van der Waals surface area contributed by atoms with Gasteiger partial charge in [-0.05, 0) is 38.1 Å². The summed E-state index contributed by atoms with van der Waals surface area (Å²) in [6.45, 7) is 4.14. The van der Waals surface area contributed by atoms with Crippen molar-refractivity contribution < 1.29 is 39.5 Å². The van der Waals surface area contributed by atoms with Crippen molar-refractivity contribution in [2.24, 2.45) is 17.6 Å². The van der Waals surface area contributed by atoms with Gasteiger partial charge in [-0.2, -0.15) is 0 Å². The van der Waals surface area contributed by atoms with E-state index < -0.39 is 70.1 Å². The Morgan fingerprint density at radius 3 is 2.42 bits per heavy atom. The fourth-order valence-corrected chi connectivity index (χ4v) is 6.50. The number of benzene rings is 1. The number of ketones is 2. The van der Waals surface area contributed by atoms with Crippen molar-refractivity contribution in [3.05, 3.63) is 46.2 Å². The van der Waals surface area contributed by atoms with E-state index >= 15 is 0 Å². The van der Waals surface area contributed by atoms with Crippen LogP contribution in [0.5, 0.6) is 5.75 Å². The van der Waals surface area contributed by atoms with Crippen molar-refractivity contribution in [2.45, 2.75) is 63.2 Å². The van der Waals surface area contributed by atoms with Gasteiger partial charge >= 0.3 is 0 Å². The number of ether oxygens (including phenoxy) is 1. The lowest BCUT2D eigenvalue weighted by Crippen LogP contribution is -2.70. The number of hydrogen-bond donors (Lipinski definition) is 5. The third-order valence-electron chi connectivity index (χ3n) is 8.27. The van der Waals surface area contributed by atoms with Crippen LogP contribution in [0.3, 0.4) is 0 Å². The number of phenols is 1. The topological polar surface area (TPSA) is 171 Å². The van der Waals surface area contributed by atoms with E-state index in [1.54, 1.807) is 26.2 Å². The molecule has 10 nitrogen and oxygen atoms in total. The number of aliphatic hydroxyl groups excluding tert-OH is 2. The smallest absolute Gasteiger partial charge is 0.255 e. The third-order valence-corrected chi connectivity index (χ3v) is 8.27. The predicted molar refractivity (Wildman–Crippen MR) is 138 cm³/mol. The first-order valence-corrected chi connectivity index (χ1v) is 13.0. The Morgan fingerprint density at radius 1 is 1.13 bits per heavy atom. The van der Waals surface area contributed by atoms with Gasteiger partial charge in [0.05, 0.1) is 23.6 Å². The molecule has 1 amide bonds. The van der Waals surface area contributed by atoms with Gasteiger partial charge in [-0.15, -0.1) is 0 Å². The van der Waals surface area contributed by atoms with Gasteiger partial charge in [0.1, 0.15) is 22.8 Å². The summed E-state index contributed by atoms with van der Waals surface area (Å²) in [7, 11) is 3.13. The molecule has 0 saturated heterocycles. The van der Waals surface area contributed by atoms with E-state index in [-0.39, 0.29) is 23.5 Å². The number of unbranched alkanes of at least 4 members (excludes halogenated alkanes) is 3. The summed E-state index contributed by atoms with van der Waals surface area (Å²) in [5.41, 5.74) is 2.19. The van der Waals surface area contributed by atoms with E-state index in [2.05, 4.69) is 6.92 Å². The molecule has 0 aliphatic heterocycles. The summed E-state index contributed by atoms with van der Waals surface area (Å²) in [6.07, 6.45) is 2.54. The highest BCUT2D eigenvalue weighted by Gasteiger charge is 2.68. The molecule has 0 spiro atoms.